The zero-order valence-corrected chi connectivity index (χ0v) is 21.3. The average Bonchev–Trinajstić information content (AvgIpc) is 2.81. The predicted octanol–water partition coefficient (Wildman–Crippen LogP) is 4.79. The molecule has 0 aromatic heterocycles. The van der Waals surface area contributed by atoms with Crippen molar-refractivity contribution in [1.29, 1.82) is 5.41 Å². The van der Waals surface area contributed by atoms with Crippen molar-refractivity contribution in [2.45, 2.75) is 40.2 Å². The lowest BCUT2D eigenvalue weighted by atomic mass is 9.97. The molecule has 0 spiro atoms. The van der Waals surface area contributed by atoms with Gasteiger partial charge in [0.15, 0.2) is 12.1 Å². The van der Waals surface area contributed by atoms with E-state index >= 15 is 4.39 Å². The van der Waals surface area contributed by atoms with Crippen LogP contribution in [0.25, 0.3) is 5.70 Å². The van der Waals surface area contributed by atoms with E-state index in [2.05, 4.69) is 25.3 Å². The number of nitrogens with zero attached hydrogens (tertiary/aromatic N) is 3. The highest BCUT2D eigenvalue weighted by molar-refractivity contribution is 6.35. The SMILES string of the molecule is C=C(c1cc(C(C)C)c(O)cc1O)N(C(=N)C=O)c1ccc(CN(C)CCN(CC)CC)c(F)c1. The largest absolute Gasteiger partial charge is 0.508 e. The van der Waals surface area contributed by atoms with Crippen molar-refractivity contribution in [1.82, 2.24) is 9.80 Å². The molecule has 0 bridgehead atoms. The number of hydrogen-bond donors (Lipinski definition) is 3. The first kappa shape index (κ1) is 28.0. The number of carbonyl (C=O) groups is 1. The van der Waals surface area contributed by atoms with Gasteiger partial charge < -0.3 is 20.0 Å². The number of hydrogen-bond acceptors (Lipinski definition) is 6. The van der Waals surface area contributed by atoms with Gasteiger partial charge in [-0.15, -0.1) is 0 Å². The van der Waals surface area contributed by atoms with Crippen molar-refractivity contribution in [3.63, 3.8) is 0 Å². The Morgan fingerprint density at radius 3 is 2.31 bits per heavy atom. The molecule has 2 rings (SSSR count). The smallest absolute Gasteiger partial charge is 0.185 e. The first-order chi connectivity index (χ1) is 16.5. The van der Waals surface area contributed by atoms with Gasteiger partial charge in [-0.25, -0.2) is 4.39 Å². The summed E-state index contributed by atoms with van der Waals surface area (Å²) < 4.78 is 15.1. The highest BCUT2D eigenvalue weighted by Crippen LogP contribution is 2.37. The topological polar surface area (TPSA) is 91.1 Å². The second-order valence-corrected chi connectivity index (χ2v) is 8.91. The molecule has 2 aromatic carbocycles. The molecule has 2 aromatic rings. The van der Waals surface area contributed by atoms with Gasteiger partial charge in [0.1, 0.15) is 17.3 Å². The summed E-state index contributed by atoms with van der Waals surface area (Å²) in [6.07, 6.45) is 0.332. The molecule has 35 heavy (non-hydrogen) atoms. The zero-order chi connectivity index (χ0) is 26.3. The van der Waals surface area contributed by atoms with E-state index in [0.29, 0.717) is 24.0 Å². The van der Waals surface area contributed by atoms with E-state index in [0.717, 1.165) is 26.2 Å². The maximum atomic E-state index is 15.1. The standard InChI is InChI=1S/C27H37FN4O3/c1-7-31(8-2)12-11-30(6)16-20-9-10-21(13-24(20)28)32(27(29)17-33)19(5)23-14-22(18(3)4)25(34)15-26(23)35/h9-10,13-15,17-18,29,34-35H,5,7-8,11-12,16H2,1-4,6H3. The van der Waals surface area contributed by atoms with E-state index in [1.54, 1.807) is 18.2 Å². The number of anilines is 1. The molecule has 3 N–H and O–H groups in total. The Hall–Kier alpha value is -3.23. The Labute approximate surface area is 207 Å². The summed E-state index contributed by atoms with van der Waals surface area (Å²) in [7, 11) is 1.94. The molecular weight excluding hydrogens is 447 g/mol. The maximum Gasteiger partial charge on any atom is 0.185 e. The van der Waals surface area contributed by atoms with Crippen LogP contribution in [0.2, 0.25) is 0 Å². The zero-order valence-electron chi connectivity index (χ0n) is 21.3. The molecule has 0 atom stereocenters. The Morgan fingerprint density at radius 1 is 1.11 bits per heavy atom. The van der Waals surface area contributed by atoms with Crippen LogP contribution >= 0.6 is 0 Å². The molecule has 0 radical (unpaired) electrons. The van der Waals surface area contributed by atoms with Gasteiger partial charge in [0, 0.05) is 36.8 Å². The molecule has 7 nitrogen and oxygen atoms in total. The molecule has 0 saturated heterocycles. The van der Waals surface area contributed by atoms with Crippen LogP contribution in [0.5, 0.6) is 11.5 Å². The van der Waals surface area contributed by atoms with Crippen molar-refractivity contribution in [3.05, 3.63) is 59.4 Å². The molecule has 190 valence electrons. The van der Waals surface area contributed by atoms with Crippen molar-refractivity contribution in [3.8, 4) is 11.5 Å². The van der Waals surface area contributed by atoms with Crippen molar-refractivity contribution < 1.29 is 19.4 Å². The quantitative estimate of drug-likeness (QED) is 0.228. The molecule has 0 fully saturated rings. The van der Waals surface area contributed by atoms with Crippen molar-refractivity contribution >= 4 is 23.5 Å². The van der Waals surface area contributed by atoms with Gasteiger partial charge in [-0.05, 0) is 49.8 Å². The Bertz CT molecular complexity index is 1070. The van der Waals surface area contributed by atoms with Crippen molar-refractivity contribution in [2.24, 2.45) is 0 Å². The maximum absolute atomic E-state index is 15.1. The van der Waals surface area contributed by atoms with E-state index in [1.807, 2.05) is 25.8 Å². The summed E-state index contributed by atoms with van der Waals surface area (Å²) in [6.45, 7) is 16.0. The highest BCUT2D eigenvalue weighted by Gasteiger charge is 2.22. The fourth-order valence-corrected chi connectivity index (χ4v) is 3.93. The van der Waals surface area contributed by atoms with Gasteiger partial charge in [-0.2, -0.15) is 0 Å². The first-order valence-corrected chi connectivity index (χ1v) is 11.8. The van der Waals surface area contributed by atoms with Gasteiger partial charge in [0.2, 0.25) is 0 Å². The monoisotopic (exact) mass is 484 g/mol. The number of aldehydes is 1. The van der Waals surface area contributed by atoms with E-state index in [9.17, 15) is 15.0 Å². The average molecular weight is 485 g/mol. The lowest BCUT2D eigenvalue weighted by Crippen LogP contribution is -2.33. The predicted molar refractivity (Wildman–Crippen MR) is 140 cm³/mol. The summed E-state index contributed by atoms with van der Waals surface area (Å²) in [4.78, 5) is 17.1. The van der Waals surface area contributed by atoms with Crippen LogP contribution in [0.1, 0.15) is 50.3 Å². The van der Waals surface area contributed by atoms with Crippen LogP contribution < -0.4 is 4.90 Å². The van der Waals surface area contributed by atoms with Crippen LogP contribution in [0.3, 0.4) is 0 Å². The molecule has 0 heterocycles. The van der Waals surface area contributed by atoms with Gasteiger partial charge in [0.25, 0.3) is 0 Å². The number of phenols is 2. The number of aromatic hydroxyl groups is 2. The minimum absolute atomic E-state index is 0.0448. The number of rotatable bonds is 12. The number of benzene rings is 2. The molecule has 0 aliphatic heterocycles. The van der Waals surface area contributed by atoms with Crippen LogP contribution in [-0.4, -0.2) is 65.4 Å². The number of halogens is 1. The Kier molecular flexibility index (Phi) is 9.98. The number of nitrogens with one attached hydrogen (secondary N) is 1. The van der Waals surface area contributed by atoms with Gasteiger partial charge >= 0.3 is 0 Å². The molecule has 8 heteroatoms. The number of likely N-dealkylation sites (N-methyl/N-ethyl adjacent to an activating group) is 2. The lowest BCUT2D eigenvalue weighted by molar-refractivity contribution is -0.102. The Balaban J connectivity index is 2.34. The highest BCUT2D eigenvalue weighted by atomic mass is 19.1. The first-order valence-electron chi connectivity index (χ1n) is 11.8. The normalized spacial score (nSPS) is 11.3. The second-order valence-electron chi connectivity index (χ2n) is 8.91. The van der Waals surface area contributed by atoms with E-state index in [4.69, 9.17) is 5.41 Å². The van der Waals surface area contributed by atoms with Gasteiger partial charge in [-0.3, -0.25) is 15.1 Å². The van der Waals surface area contributed by atoms with Gasteiger partial charge in [0.05, 0.1) is 11.4 Å². The number of phenolic OH excluding ortho intramolecular Hbond substituents is 2. The lowest BCUT2D eigenvalue weighted by Gasteiger charge is -2.27. The molecule has 0 unspecified atom stereocenters. The third-order valence-electron chi connectivity index (χ3n) is 6.13. The van der Waals surface area contributed by atoms with Crippen LogP contribution in [0.15, 0.2) is 36.9 Å². The van der Waals surface area contributed by atoms with Crippen LogP contribution in [0.4, 0.5) is 10.1 Å². The number of amidine groups is 1. The van der Waals surface area contributed by atoms with E-state index < -0.39 is 11.7 Å². The summed E-state index contributed by atoms with van der Waals surface area (Å²) in [5.74, 6) is -1.29. The fourth-order valence-electron chi connectivity index (χ4n) is 3.93. The van der Waals surface area contributed by atoms with Gasteiger partial charge in [-0.1, -0.05) is 40.3 Å². The van der Waals surface area contributed by atoms with Crippen LogP contribution in [0, 0.1) is 11.2 Å². The summed E-state index contributed by atoms with van der Waals surface area (Å²) in [6, 6.07) is 7.29. The molecular formula is C27H37FN4O3. The van der Waals surface area contributed by atoms with Crippen molar-refractivity contribution in [2.75, 3.05) is 38.1 Å². The van der Waals surface area contributed by atoms with E-state index in [-0.39, 0.29) is 34.4 Å². The summed E-state index contributed by atoms with van der Waals surface area (Å²) in [5.41, 5.74) is 1.65. The fraction of sp³-hybridized carbons (Fsp3) is 0.407. The molecule has 0 amide bonds. The second kappa shape index (κ2) is 12.5. The molecule has 0 aliphatic carbocycles. The third kappa shape index (κ3) is 6.90. The van der Waals surface area contributed by atoms with Crippen LogP contribution in [-0.2, 0) is 11.3 Å². The Morgan fingerprint density at radius 2 is 1.77 bits per heavy atom. The third-order valence-corrected chi connectivity index (χ3v) is 6.13. The summed E-state index contributed by atoms with van der Waals surface area (Å²) in [5, 5.41) is 28.8. The summed E-state index contributed by atoms with van der Waals surface area (Å²) >= 11 is 0. The minimum atomic E-state index is -0.466. The molecule has 0 saturated carbocycles. The van der Waals surface area contributed by atoms with E-state index in [1.165, 1.54) is 17.0 Å². The molecule has 0 aliphatic rings. The minimum Gasteiger partial charge on any atom is -0.508 e. The number of carbonyl (C=O) groups excluding carboxylic acids is 1.